The van der Waals surface area contributed by atoms with Gasteiger partial charge in [0.2, 0.25) is 0 Å². The predicted octanol–water partition coefficient (Wildman–Crippen LogP) is 2.74. The molecule has 0 radical (unpaired) electrons. The predicted molar refractivity (Wildman–Crippen MR) is 120 cm³/mol. The normalized spacial score (nSPS) is 15.2. The van der Waals surface area contributed by atoms with Crippen molar-refractivity contribution in [2.75, 3.05) is 24.8 Å². The molecule has 2 unspecified atom stereocenters. The van der Waals surface area contributed by atoms with Crippen LogP contribution in [0.2, 0.25) is 0 Å². The van der Waals surface area contributed by atoms with E-state index in [4.69, 9.17) is 34.0 Å². The number of hydrazine groups is 1. The smallest absolute Gasteiger partial charge is 0.331 e. The van der Waals surface area contributed by atoms with Crippen molar-refractivity contribution in [2.24, 2.45) is 5.73 Å². The highest BCUT2D eigenvalue weighted by Crippen LogP contribution is 2.40. The second-order valence-corrected chi connectivity index (χ2v) is 7.90. The van der Waals surface area contributed by atoms with Gasteiger partial charge in [0, 0.05) is 30.8 Å². The highest BCUT2D eigenvalue weighted by Gasteiger charge is 2.54. The second kappa shape index (κ2) is 12.9. The molecule has 0 aliphatic heterocycles. The summed E-state index contributed by atoms with van der Waals surface area (Å²) in [5, 5.41) is 22.3. The summed E-state index contributed by atoms with van der Waals surface area (Å²) in [6, 6.07) is 7.63. The molecule has 1 aromatic carbocycles. The number of carbonyl (C=O) groups is 3. The lowest BCUT2D eigenvalue weighted by atomic mass is 9.74. The Kier molecular flexibility index (Phi) is 11.3. The Hall–Kier alpha value is -1.87. The molecule has 0 spiro atoms. The summed E-state index contributed by atoms with van der Waals surface area (Å²) in [5.41, 5.74) is 4.95. The molecule has 0 fully saturated rings. The number of halogens is 2. The van der Waals surface area contributed by atoms with E-state index in [2.05, 4.69) is 0 Å². The molecular weight excluding hydrogens is 445 g/mol. The Bertz CT molecular complexity index is 731. The molecule has 0 aliphatic carbocycles. The van der Waals surface area contributed by atoms with Crippen LogP contribution in [0.25, 0.3) is 0 Å². The topological polar surface area (TPSA) is 124 Å². The third-order valence-corrected chi connectivity index (χ3v) is 5.70. The lowest BCUT2D eigenvalue weighted by molar-refractivity contribution is -0.188. The molecule has 0 saturated carbocycles. The summed E-state index contributed by atoms with van der Waals surface area (Å²) in [6.07, 6.45) is -0.160. The minimum atomic E-state index is -1.72. The SMILES string of the molecule is CCC(c1ccccc1)[C@@](CC)(C(=O)O)N(C(=O)C(N)CC(=O)O)N(CCCl)CCCl. The van der Waals surface area contributed by atoms with E-state index >= 15 is 0 Å². The molecule has 0 aromatic heterocycles. The van der Waals surface area contributed by atoms with Gasteiger partial charge in [0.1, 0.15) is 0 Å². The summed E-state index contributed by atoms with van der Waals surface area (Å²) in [7, 11) is 0. The molecule has 4 N–H and O–H groups in total. The molecule has 1 rings (SSSR count). The van der Waals surface area contributed by atoms with Crippen LogP contribution in [-0.4, -0.2) is 74.5 Å². The van der Waals surface area contributed by atoms with E-state index in [1.807, 2.05) is 25.1 Å². The molecule has 174 valence electrons. The highest BCUT2D eigenvalue weighted by atomic mass is 35.5. The Labute approximate surface area is 192 Å². The van der Waals surface area contributed by atoms with E-state index in [0.29, 0.717) is 6.42 Å². The Morgan fingerprint density at radius 3 is 2.00 bits per heavy atom. The zero-order valence-corrected chi connectivity index (χ0v) is 19.3. The van der Waals surface area contributed by atoms with Gasteiger partial charge in [-0.25, -0.2) is 9.80 Å². The van der Waals surface area contributed by atoms with Gasteiger partial charge in [-0.15, -0.1) is 23.2 Å². The number of hydrogen-bond donors (Lipinski definition) is 3. The van der Waals surface area contributed by atoms with E-state index in [-0.39, 0.29) is 31.3 Å². The first-order valence-corrected chi connectivity index (χ1v) is 11.2. The van der Waals surface area contributed by atoms with Crippen LogP contribution in [0.4, 0.5) is 0 Å². The lowest BCUT2D eigenvalue weighted by Gasteiger charge is -2.50. The number of carbonyl (C=O) groups excluding carboxylic acids is 1. The Balaban J connectivity index is 3.76. The van der Waals surface area contributed by atoms with Crippen molar-refractivity contribution >= 4 is 41.0 Å². The number of carboxylic acids is 2. The molecule has 8 nitrogen and oxygen atoms in total. The maximum atomic E-state index is 13.5. The number of alkyl halides is 2. The number of nitrogens with two attached hydrogens (primary N) is 1. The molecule has 31 heavy (non-hydrogen) atoms. The maximum Gasteiger partial charge on any atom is 0.331 e. The second-order valence-electron chi connectivity index (χ2n) is 7.14. The molecule has 0 bridgehead atoms. The maximum absolute atomic E-state index is 13.5. The van der Waals surface area contributed by atoms with Gasteiger partial charge in [0.15, 0.2) is 5.54 Å². The minimum absolute atomic E-state index is 0.0579. The Morgan fingerprint density at radius 2 is 1.61 bits per heavy atom. The number of rotatable bonds is 14. The van der Waals surface area contributed by atoms with Crippen LogP contribution >= 0.6 is 23.2 Å². The summed E-state index contributed by atoms with van der Waals surface area (Å²) in [5.74, 6) is -3.64. The van der Waals surface area contributed by atoms with Crippen LogP contribution in [0.3, 0.4) is 0 Å². The van der Waals surface area contributed by atoms with Gasteiger partial charge in [-0.05, 0) is 18.4 Å². The fourth-order valence-corrected chi connectivity index (χ4v) is 4.39. The fraction of sp³-hybridized carbons (Fsp3) is 0.571. The van der Waals surface area contributed by atoms with E-state index in [1.165, 1.54) is 5.01 Å². The number of hydrogen-bond acceptors (Lipinski definition) is 5. The van der Waals surface area contributed by atoms with E-state index in [1.54, 1.807) is 19.1 Å². The average Bonchev–Trinajstić information content (AvgIpc) is 2.73. The zero-order valence-electron chi connectivity index (χ0n) is 17.8. The molecule has 1 amide bonds. The molecule has 0 aliphatic rings. The molecular formula is C21H31Cl2N3O5. The van der Waals surface area contributed by atoms with E-state index < -0.39 is 41.8 Å². The number of amides is 1. The van der Waals surface area contributed by atoms with Gasteiger partial charge in [0.05, 0.1) is 12.5 Å². The van der Waals surface area contributed by atoms with Crippen molar-refractivity contribution in [2.45, 2.75) is 50.6 Å². The first kappa shape index (κ1) is 27.2. The lowest BCUT2D eigenvalue weighted by Crippen LogP contribution is -2.69. The first-order valence-electron chi connectivity index (χ1n) is 10.2. The number of carboxylic acid groups (broad SMARTS) is 2. The molecule has 0 heterocycles. The summed E-state index contributed by atoms with van der Waals surface area (Å²) in [6.45, 7) is 3.81. The van der Waals surface area contributed by atoms with Gasteiger partial charge in [-0.1, -0.05) is 44.2 Å². The van der Waals surface area contributed by atoms with E-state index in [9.17, 15) is 19.5 Å². The van der Waals surface area contributed by atoms with E-state index in [0.717, 1.165) is 10.6 Å². The number of aliphatic carboxylic acids is 2. The van der Waals surface area contributed by atoms with Crippen molar-refractivity contribution in [3.8, 4) is 0 Å². The third-order valence-electron chi connectivity index (χ3n) is 5.36. The van der Waals surface area contributed by atoms with Gasteiger partial charge in [0.25, 0.3) is 5.91 Å². The fourth-order valence-electron chi connectivity index (χ4n) is 4.00. The van der Waals surface area contributed by atoms with Crippen molar-refractivity contribution in [3.63, 3.8) is 0 Å². The molecule has 1 aromatic rings. The number of nitrogens with zero attached hydrogens (tertiary/aromatic N) is 2. The highest BCUT2D eigenvalue weighted by molar-refractivity contribution is 6.18. The third kappa shape index (κ3) is 6.32. The first-order chi connectivity index (χ1) is 14.7. The van der Waals surface area contributed by atoms with Crippen LogP contribution < -0.4 is 5.73 Å². The quantitative estimate of drug-likeness (QED) is 0.279. The van der Waals surface area contributed by atoms with Crippen molar-refractivity contribution < 1.29 is 24.6 Å². The molecule has 3 atom stereocenters. The van der Waals surface area contributed by atoms with Gasteiger partial charge < -0.3 is 15.9 Å². The largest absolute Gasteiger partial charge is 0.481 e. The van der Waals surface area contributed by atoms with Crippen molar-refractivity contribution in [3.05, 3.63) is 35.9 Å². The van der Waals surface area contributed by atoms with Crippen LogP contribution in [0, 0.1) is 0 Å². The van der Waals surface area contributed by atoms with Crippen LogP contribution in [-0.2, 0) is 14.4 Å². The summed E-state index contributed by atoms with van der Waals surface area (Å²) in [4.78, 5) is 37.6. The molecule has 0 saturated heterocycles. The summed E-state index contributed by atoms with van der Waals surface area (Å²) >= 11 is 11.9. The van der Waals surface area contributed by atoms with Gasteiger partial charge in [-0.3, -0.25) is 14.6 Å². The van der Waals surface area contributed by atoms with Gasteiger partial charge in [-0.2, -0.15) is 0 Å². The van der Waals surface area contributed by atoms with Gasteiger partial charge >= 0.3 is 11.9 Å². The minimum Gasteiger partial charge on any atom is -0.481 e. The van der Waals surface area contributed by atoms with Crippen molar-refractivity contribution in [1.82, 2.24) is 10.0 Å². The Morgan fingerprint density at radius 1 is 1.06 bits per heavy atom. The van der Waals surface area contributed by atoms with Crippen LogP contribution in [0.5, 0.6) is 0 Å². The van der Waals surface area contributed by atoms with Crippen LogP contribution in [0.15, 0.2) is 30.3 Å². The monoisotopic (exact) mass is 475 g/mol. The zero-order chi connectivity index (χ0) is 23.6. The summed E-state index contributed by atoms with van der Waals surface area (Å²) < 4.78 is 0. The number of benzene rings is 1. The van der Waals surface area contributed by atoms with Crippen LogP contribution in [0.1, 0.15) is 44.6 Å². The standard InChI is InChI=1S/C21H31Cl2N3O5/c1-3-16(15-8-6-5-7-9-15)21(4-2,20(30)31)26(25(12-10-22)13-11-23)19(29)17(24)14-18(27)28/h5-9,16-17H,3-4,10-14,24H2,1-2H3,(H,27,28)(H,30,31)/t16?,17?,21-/m0/s1. The van der Waals surface area contributed by atoms with Crippen molar-refractivity contribution in [1.29, 1.82) is 0 Å². The molecule has 10 heteroatoms. The average molecular weight is 476 g/mol.